The average molecular weight is 274 g/mol. The van der Waals surface area contributed by atoms with E-state index in [0.717, 1.165) is 11.3 Å². The second-order valence-electron chi connectivity index (χ2n) is 5.00. The van der Waals surface area contributed by atoms with E-state index in [1.54, 1.807) is 0 Å². The molecule has 0 aliphatic rings. The number of hydrogen-bond donors (Lipinski definition) is 2. The van der Waals surface area contributed by atoms with E-state index in [-0.39, 0.29) is 11.9 Å². The van der Waals surface area contributed by atoms with Gasteiger partial charge in [0.15, 0.2) is 0 Å². The first-order valence-corrected chi connectivity index (χ1v) is 6.75. The minimum Gasteiger partial charge on any atom is -0.399 e. The van der Waals surface area contributed by atoms with E-state index < -0.39 is 0 Å². The maximum atomic E-state index is 11.8. The van der Waals surface area contributed by atoms with Crippen molar-refractivity contribution in [3.8, 4) is 6.07 Å². The van der Waals surface area contributed by atoms with Crippen LogP contribution in [-0.4, -0.2) is 29.9 Å². The van der Waals surface area contributed by atoms with E-state index in [9.17, 15) is 4.79 Å². The molecule has 1 rings (SSSR count). The molecule has 0 fully saturated rings. The number of nitrogens with two attached hydrogens (primary N) is 1. The van der Waals surface area contributed by atoms with Crippen molar-refractivity contribution < 1.29 is 4.79 Å². The minimum atomic E-state index is -0.0575. The van der Waals surface area contributed by atoms with E-state index in [4.69, 9.17) is 11.0 Å². The third-order valence-electron chi connectivity index (χ3n) is 2.97. The highest BCUT2D eigenvalue weighted by molar-refractivity contribution is 5.78. The van der Waals surface area contributed by atoms with Gasteiger partial charge in [-0.1, -0.05) is 12.1 Å². The smallest absolute Gasteiger partial charge is 0.234 e. The van der Waals surface area contributed by atoms with Crippen LogP contribution in [0.5, 0.6) is 0 Å². The second-order valence-corrected chi connectivity index (χ2v) is 5.00. The number of carbonyl (C=O) groups is 1. The number of anilines is 1. The summed E-state index contributed by atoms with van der Waals surface area (Å²) in [6, 6.07) is 9.93. The van der Waals surface area contributed by atoms with Crippen molar-refractivity contribution in [3.63, 3.8) is 0 Å². The molecule has 3 N–H and O–H groups in total. The van der Waals surface area contributed by atoms with Gasteiger partial charge in [-0.15, -0.1) is 0 Å². The van der Waals surface area contributed by atoms with Crippen molar-refractivity contribution in [2.24, 2.45) is 0 Å². The molecule has 0 atom stereocenters. The Kier molecular flexibility index (Phi) is 6.54. The highest BCUT2D eigenvalue weighted by Crippen LogP contribution is 2.11. The normalized spacial score (nSPS) is 10.6. The Hall–Kier alpha value is -2.06. The quantitative estimate of drug-likeness (QED) is 0.583. The molecule has 1 amide bonds. The van der Waals surface area contributed by atoms with Gasteiger partial charge < -0.3 is 11.1 Å². The lowest BCUT2D eigenvalue weighted by Crippen LogP contribution is -2.40. The molecule has 5 heteroatoms. The van der Waals surface area contributed by atoms with Gasteiger partial charge in [0, 0.05) is 24.8 Å². The van der Waals surface area contributed by atoms with Gasteiger partial charge in [-0.25, -0.2) is 0 Å². The summed E-state index contributed by atoms with van der Waals surface area (Å²) in [6.45, 7) is 5.50. The molecule has 5 nitrogen and oxygen atoms in total. The predicted molar refractivity (Wildman–Crippen MR) is 79.6 cm³/mol. The Morgan fingerprint density at radius 3 is 2.85 bits per heavy atom. The first-order valence-electron chi connectivity index (χ1n) is 6.75. The highest BCUT2D eigenvalue weighted by atomic mass is 16.2. The number of nitrogens with one attached hydrogen (secondary N) is 1. The van der Waals surface area contributed by atoms with Crippen LogP contribution >= 0.6 is 0 Å². The second kappa shape index (κ2) is 8.18. The van der Waals surface area contributed by atoms with E-state index >= 15 is 0 Å². The van der Waals surface area contributed by atoms with Gasteiger partial charge in [-0.3, -0.25) is 9.69 Å². The van der Waals surface area contributed by atoms with Crippen LogP contribution in [0, 0.1) is 11.3 Å². The van der Waals surface area contributed by atoms with E-state index in [0.29, 0.717) is 26.1 Å². The van der Waals surface area contributed by atoms with E-state index in [1.165, 1.54) is 0 Å². The van der Waals surface area contributed by atoms with Crippen LogP contribution in [0.15, 0.2) is 24.3 Å². The first kappa shape index (κ1) is 16.0. The van der Waals surface area contributed by atoms with Crippen molar-refractivity contribution in [1.29, 1.82) is 5.26 Å². The predicted octanol–water partition coefficient (Wildman–Crippen LogP) is 1.51. The summed E-state index contributed by atoms with van der Waals surface area (Å²) in [5, 5.41) is 11.2. The number of nitriles is 1. The zero-order chi connectivity index (χ0) is 15.0. The summed E-state index contributed by atoms with van der Waals surface area (Å²) in [5.74, 6) is -0.0575. The summed E-state index contributed by atoms with van der Waals surface area (Å²) in [5.41, 5.74) is 7.58. The molecular weight excluding hydrogens is 252 g/mol. The molecule has 0 saturated carbocycles. The minimum absolute atomic E-state index is 0.0575. The van der Waals surface area contributed by atoms with Crippen LogP contribution in [0.1, 0.15) is 25.8 Å². The molecule has 0 aromatic heterocycles. The van der Waals surface area contributed by atoms with E-state index in [1.807, 2.05) is 30.3 Å². The lowest BCUT2D eigenvalue weighted by molar-refractivity contribution is -0.122. The molecule has 0 spiro atoms. The van der Waals surface area contributed by atoms with Crippen molar-refractivity contribution in [2.45, 2.75) is 32.9 Å². The number of carbonyl (C=O) groups excluding carboxylic acids is 1. The van der Waals surface area contributed by atoms with Gasteiger partial charge in [0.25, 0.3) is 0 Å². The van der Waals surface area contributed by atoms with E-state index in [2.05, 4.69) is 24.1 Å². The zero-order valence-electron chi connectivity index (χ0n) is 12.1. The van der Waals surface area contributed by atoms with Crippen LogP contribution in [0.25, 0.3) is 0 Å². The van der Waals surface area contributed by atoms with Crippen molar-refractivity contribution in [2.75, 3.05) is 18.8 Å². The summed E-state index contributed by atoms with van der Waals surface area (Å²) in [7, 11) is 0. The largest absolute Gasteiger partial charge is 0.399 e. The zero-order valence-corrected chi connectivity index (χ0v) is 12.1. The maximum Gasteiger partial charge on any atom is 0.234 e. The lowest BCUT2D eigenvalue weighted by Gasteiger charge is -2.26. The van der Waals surface area contributed by atoms with Crippen molar-refractivity contribution in [3.05, 3.63) is 29.8 Å². The summed E-state index contributed by atoms with van der Waals surface area (Å²) in [6.07, 6.45) is 0.336. The Balaban J connectivity index is 2.57. The molecule has 1 aromatic carbocycles. The van der Waals surface area contributed by atoms with Crippen LogP contribution in [0.3, 0.4) is 0 Å². The molecule has 0 bridgehead atoms. The number of hydrogen-bond acceptors (Lipinski definition) is 4. The topological polar surface area (TPSA) is 82.2 Å². The number of nitrogens with zero attached hydrogens (tertiary/aromatic N) is 2. The molecule has 0 saturated heterocycles. The molecule has 108 valence electrons. The molecular formula is C15H22N4O. The van der Waals surface area contributed by atoms with Crippen LogP contribution < -0.4 is 11.1 Å². The molecule has 0 radical (unpaired) electrons. The first-order chi connectivity index (χ1) is 9.52. The van der Waals surface area contributed by atoms with Gasteiger partial charge in [0.2, 0.25) is 5.91 Å². The fraction of sp³-hybridized carbons (Fsp3) is 0.467. The maximum absolute atomic E-state index is 11.8. The van der Waals surface area contributed by atoms with Crippen molar-refractivity contribution >= 4 is 11.6 Å². The van der Waals surface area contributed by atoms with Gasteiger partial charge in [0.05, 0.1) is 19.0 Å². The Morgan fingerprint density at radius 2 is 2.25 bits per heavy atom. The summed E-state index contributed by atoms with van der Waals surface area (Å²) in [4.78, 5) is 13.9. The summed E-state index contributed by atoms with van der Waals surface area (Å²) >= 11 is 0. The fourth-order valence-electron chi connectivity index (χ4n) is 1.85. The molecule has 0 aliphatic heterocycles. The highest BCUT2D eigenvalue weighted by Gasteiger charge is 2.14. The average Bonchev–Trinajstić information content (AvgIpc) is 2.38. The van der Waals surface area contributed by atoms with Gasteiger partial charge in [0.1, 0.15) is 0 Å². The fourth-order valence-corrected chi connectivity index (χ4v) is 1.85. The van der Waals surface area contributed by atoms with Crippen LogP contribution in [0.2, 0.25) is 0 Å². The van der Waals surface area contributed by atoms with Crippen molar-refractivity contribution in [1.82, 2.24) is 10.2 Å². The molecule has 0 aliphatic carbocycles. The Bertz CT molecular complexity index is 479. The molecule has 0 unspecified atom stereocenters. The Labute approximate surface area is 120 Å². The Morgan fingerprint density at radius 1 is 1.50 bits per heavy atom. The lowest BCUT2D eigenvalue weighted by atomic mass is 10.1. The third kappa shape index (κ3) is 5.72. The number of benzene rings is 1. The monoisotopic (exact) mass is 274 g/mol. The standard InChI is InChI=1S/C15H22N4O/c1-12(2)19(11-15(20)18-8-4-7-16)10-13-5-3-6-14(17)9-13/h3,5-6,9,12H,4,8,10-11,17H2,1-2H3,(H,18,20). The van der Waals surface area contributed by atoms with Crippen LogP contribution in [-0.2, 0) is 11.3 Å². The summed E-state index contributed by atoms with van der Waals surface area (Å²) < 4.78 is 0. The molecule has 1 aromatic rings. The number of nitrogen functional groups attached to an aromatic ring is 1. The SMILES string of the molecule is CC(C)N(CC(=O)NCCC#N)Cc1cccc(N)c1. The van der Waals surface area contributed by atoms with Gasteiger partial charge in [-0.05, 0) is 31.5 Å². The molecule has 20 heavy (non-hydrogen) atoms. The molecule has 0 heterocycles. The van der Waals surface area contributed by atoms with Crippen LogP contribution in [0.4, 0.5) is 5.69 Å². The number of rotatable bonds is 7. The third-order valence-corrected chi connectivity index (χ3v) is 2.97. The van der Waals surface area contributed by atoms with Gasteiger partial charge >= 0.3 is 0 Å². The van der Waals surface area contributed by atoms with Gasteiger partial charge in [-0.2, -0.15) is 5.26 Å². The number of amides is 1.